The molecule has 0 aromatic heterocycles. The van der Waals surface area contributed by atoms with E-state index in [1.807, 2.05) is 0 Å². The number of hydrogen-bond acceptors (Lipinski definition) is 3. The maximum absolute atomic E-state index is 9.14. The van der Waals surface area contributed by atoms with E-state index in [0.717, 1.165) is 0 Å². The second kappa shape index (κ2) is 3.37. The molecule has 0 amide bonds. The van der Waals surface area contributed by atoms with Crippen LogP contribution in [0.15, 0.2) is 24.3 Å². The van der Waals surface area contributed by atoms with Gasteiger partial charge >= 0.3 is 0 Å². The van der Waals surface area contributed by atoms with E-state index in [1.165, 1.54) is 6.07 Å². The van der Waals surface area contributed by atoms with Gasteiger partial charge in [0.2, 0.25) is 0 Å². The lowest BCUT2D eigenvalue weighted by atomic mass is 10.1. The fourth-order valence-corrected chi connectivity index (χ4v) is 0.868. The average molecular weight is 154 g/mol. The standard InChI is InChI=1S/C8H10O3/c9-5-8(11)6-3-1-2-4-7(6)10/h1-4,8-11H,5H2/t8-/m1/s1. The first-order valence-corrected chi connectivity index (χ1v) is 3.32. The van der Waals surface area contributed by atoms with Gasteiger partial charge in [-0.15, -0.1) is 0 Å². The van der Waals surface area contributed by atoms with E-state index in [9.17, 15) is 0 Å². The van der Waals surface area contributed by atoms with Crippen LogP contribution in [0, 0.1) is 0 Å². The lowest BCUT2D eigenvalue weighted by molar-refractivity contribution is 0.0935. The molecular formula is C8H10O3. The van der Waals surface area contributed by atoms with Crippen LogP contribution >= 0.6 is 0 Å². The summed E-state index contributed by atoms with van der Waals surface area (Å²) in [5.74, 6) is 0.00838. The number of benzene rings is 1. The molecule has 0 radical (unpaired) electrons. The van der Waals surface area contributed by atoms with Crippen LogP contribution in [-0.4, -0.2) is 21.9 Å². The molecule has 0 aliphatic rings. The van der Waals surface area contributed by atoms with Gasteiger partial charge in [0.05, 0.1) is 6.61 Å². The lowest BCUT2D eigenvalue weighted by Crippen LogP contribution is -2.01. The molecule has 60 valence electrons. The molecule has 11 heavy (non-hydrogen) atoms. The highest BCUT2D eigenvalue weighted by Gasteiger charge is 2.08. The van der Waals surface area contributed by atoms with E-state index in [-0.39, 0.29) is 12.4 Å². The Morgan fingerprint density at radius 2 is 1.91 bits per heavy atom. The molecule has 1 rings (SSSR count). The minimum Gasteiger partial charge on any atom is -0.508 e. The van der Waals surface area contributed by atoms with E-state index in [1.54, 1.807) is 18.2 Å². The van der Waals surface area contributed by atoms with E-state index in [0.29, 0.717) is 5.56 Å². The number of aromatic hydroxyl groups is 1. The number of aliphatic hydroxyl groups is 2. The Kier molecular flexibility index (Phi) is 2.46. The van der Waals surface area contributed by atoms with Gasteiger partial charge in [-0.3, -0.25) is 0 Å². The first-order valence-electron chi connectivity index (χ1n) is 3.32. The van der Waals surface area contributed by atoms with Crippen LogP contribution in [0.4, 0.5) is 0 Å². The minimum absolute atomic E-state index is 0.00838. The molecule has 0 heterocycles. The van der Waals surface area contributed by atoms with Crippen LogP contribution in [-0.2, 0) is 0 Å². The molecule has 0 saturated heterocycles. The van der Waals surface area contributed by atoms with Gasteiger partial charge in [-0.1, -0.05) is 18.2 Å². The van der Waals surface area contributed by atoms with Gasteiger partial charge < -0.3 is 15.3 Å². The van der Waals surface area contributed by atoms with Gasteiger partial charge in [-0.05, 0) is 6.07 Å². The summed E-state index contributed by atoms with van der Waals surface area (Å²) in [6, 6.07) is 6.38. The highest BCUT2D eigenvalue weighted by molar-refractivity contribution is 5.33. The van der Waals surface area contributed by atoms with Crippen LogP contribution in [0.3, 0.4) is 0 Å². The first-order chi connectivity index (χ1) is 5.25. The highest BCUT2D eigenvalue weighted by atomic mass is 16.3. The van der Waals surface area contributed by atoms with Crippen molar-refractivity contribution in [2.45, 2.75) is 6.10 Å². The molecule has 3 nitrogen and oxygen atoms in total. The Bertz CT molecular complexity index is 235. The topological polar surface area (TPSA) is 60.7 Å². The number of phenolic OH excluding ortho intramolecular Hbond substituents is 1. The zero-order chi connectivity index (χ0) is 8.27. The van der Waals surface area contributed by atoms with Crippen molar-refractivity contribution in [1.82, 2.24) is 0 Å². The summed E-state index contributed by atoms with van der Waals surface area (Å²) < 4.78 is 0. The van der Waals surface area contributed by atoms with Crippen LogP contribution in [0.2, 0.25) is 0 Å². The molecule has 1 aromatic rings. The van der Waals surface area contributed by atoms with E-state index >= 15 is 0 Å². The van der Waals surface area contributed by atoms with Crippen LogP contribution in [0.25, 0.3) is 0 Å². The molecule has 3 N–H and O–H groups in total. The lowest BCUT2D eigenvalue weighted by Gasteiger charge is -2.08. The minimum atomic E-state index is -0.990. The highest BCUT2D eigenvalue weighted by Crippen LogP contribution is 2.22. The molecule has 1 aromatic carbocycles. The smallest absolute Gasteiger partial charge is 0.121 e. The van der Waals surface area contributed by atoms with Gasteiger partial charge in [0.15, 0.2) is 0 Å². The van der Waals surface area contributed by atoms with Crippen molar-refractivity contribution in [3.8, 4) is 5.75 Å². The second-order valence-electron chi connectivity index (χ2n) is 2.26. The number of aliphatic hydroxyl groups excluding tert-OH is 2. The molecule has 0 aliphatic carbocycles. The molecule has 0 spiro atoms. The van der Waals surface area contributed by atoms with Gasteiger partial charge in [0, 0.05) is 5.56 Å². The Labute approximate surface area is 64.5 Å². The van der Waals surface area contributed by atoms with Gasteiger partial charge in [-0.2, -0.15) is 0 Å². The van der Waals surface area contributed by atoms with E-state index in [4.69, 9.17) is 15.3 Å². The zero-order valence-electron chi connectivity index (χ0n) is 5.94. The Morgan fingerprint density at radius 3 is 2.45 bits per heavy atom. The van der Waals surface area contributed by atoms with Gasteiger partial charge in [-0.25, -0.2) is 0 Å². The fourth-order valence-electron chi connectivity index (χ4n) is 0.868. The summed E-state index contributed by atoms with van der Waals surface area (Å²) in [6.07, 6.45) is -0.990. The molecule has 0 saturated carbocycles. The zero-order valence-corrected chi connectivity index (χ0v) is 5.94. The summed E-state index contributed by atoms with van der Waals surface area (Å²) in [5.41, 5.74) is 0.356. The summed E-state index contributed by atoms with van der Waals surface area (Å²) in [7, 11) is 0. The largest absolute Gasteiger partial charge is 0.508 e. The van der Waals surface area contributed by atoms with Gasteiger partial charge in [0.1, 0.15) is 11.9 Å². The number of para-hydroxylation sites is 1. The van der Waals surface area contributed by atoms with Crippen molar-refractivity contribution < 1.29 is 15.3 Å². The average Bonchev–Trinajstić information content (AvgIpc) is 2.04. The molecule has 0 bridgehead atoms. The van der Waals surface area contributed by atoms with Crippen LogP contribution < -0.4 is 0 Å². The molecule has 1 atom stereocenters. The Balaban J connectivity index is 2.93. The molecule has 3 heteroatoms. The van der Waals surface area contributed by atoms with Crippen LogP contribution in [0.1, 0.15) is 11.7 Å². The third-order valence-corrected chi connectivity index (χ3v) is 1.47. The SMILES string of the molecule is OC[C@@H](O)c1ccccc1O. The number of hydrogen-bond donors (Lipinski definition) is 3. The molecule has 0 unspecified atom stereocenters. The van der Waals surface area contributed by atoms with Crippen molar-refractivity contribution in [3.05, 3.63) is 29.8 Å². The second-order valence-corrected chi connectivity index (χ2v) is 2.26. The quantitative estimate of drug-likeness (QED) is 0.578. The van der Waals surface area contributed by atoms with E-state index in [2.05, 4.69) is 0 Å². The summed E-state index contributed by atoms with van der Waals surface area (Å²) in [5, 5.41) is 26.8. The first kappa shape index (κ1) is 8.04. The predicted octanol–water partition coefficient (Wildman–Crippen LogP) is 0.418. The van der Waals surface area contributed by atoms with Crippen molar-refractivity contribution in [2.24, 2.45) is 0 Å². The maximum Gasteiger partial charge on any atom is 0.121 e. The monoisotopic (exact) mass is 154 g/mol. The van der Waals surface area contributed by atoms with Crippen molar-refractivity contribution in [3.63, 3.8) is 0 Å². The van der Waals surface area contributed by atoms with Gasteiger partial charge in [0.25, 0.3) is 0 Å². The van der Waals surface area contributed by atoms with Crippen molar-refractivity contribution in [1.29, 1.82) is 0 Å². The summed E-state index contributed by atoms with van der Waals surface area (Å²) in [4.78, 5) is 0. The van der Waals surface area contributed by atoms with E-state index < -0.39 is 6.10 Å². The third-order valence-electron chi connectivity index (χ3n) is 1.47. The summed E-state index contributed by atoms with van der Waals surface area (Å²) >= 11 is 0. The van der Waals surface area contributed by atoms with Crippen LogP contribution in [0.5, 0.6) is 5.75 Å². The molecule has 0 fully saturated rings. The number of rotatable bonds is 2. The molecule has 0 aliphatic heterocycles. The normalized spacial score (nSPS) is 12.9. The number of phenols is 1. The Hall–Kier alpha value is -1.06. The molecular weight excluding hydrogens is 144 g/mol. The van der Waals surface area contributed by atoms with Crippen molar-refractivity contribution >= 4 is 0 Å². The summed E-state index contributed by atoms with van der Waals surface area (Å²) in [6.45, 7) is -0.377. The fraction of sp³-hybridized carbons (Fsp3) is 0.250. The Morgan fingerprint density at radius 1 is 1.27 bits per heavy atom. The predicted molar refractivity (Wildman–Crippen MR) is 40.2 cm³/mol. The third kappa shape index (κ3) is 1.69. The van der Waals surface area contributed by atoms with Crippen molar-refractivity contribution in [2.75, 3.05) is 6.61 Å². The maximum atomic E-state index is 9.14.